The van der Waals surface area contributed by atoms with Crippen LogP contribution in [-0.2, 0) is 26.2 Å². The van der Waals surface area contributed by atoms with Crippen molar-refractivity contribution in [2.24, 2.45) is 0 Å². The van der Waals surface area contributed by atoms with Gasteiger partial charge >= 0.3 is 26.2 Å². The van der Waals surface area contributed by atoms with E-state index in [0.29, 0.717) is 0 Å². The molecule has 0 aliphatic heterocycles. The quantitative estimate of drug-likeness (QED) is 0.424. The molecule has 2 aromatic rings. The Morgan fingerprint density at radius 3 is 0.931 bits per heavy atom. The van der Waals surface area contributed by atoms with Crippen LogP contribution in [0.1, 0.15) is 41.5 Å². The third-order valence-electron chi connectivity index (χ3n) is 5.62. The van der Waals surface area contributed by atoms with E-state index < -0.39 is 16.6 Å². The van der Waals surface area contributed by atoms with Crippen molar-refractivity contribution in [3.05, 3.63) is 48.5 Å². The minimum Gasteiger partial charge on any atom is -1.00 e. The van der Waals surface area contributed by atoms with Crippen LogP contribution in [-0.4, -0.2) is 16.6 Å². The molecule has 0 atom stereocenters. The van der Waals surface area contributed by atoms with E-state index in [1.165, 1.54) is 0 Å². The number of halogens is 2. The Kier molecular flexibility index (Phi) is 15.1. The predicted octanol–water partition coefficient (Wildman–Crippen LogP) is 1.58. The van der Waals surface area contributed by atoms with Crippen molar-refractivity contribution in [3.8, 4) is 11.5 Å². The van der Waals surface area contributed by atoms with Gasteiger partial charge in [0.25, 0.3) is 0 Å². The molecule has 0 N–H and O–H groups in total. The molecule has 0 aliphatic carbocycles. The van der Waals surface area contributed by atoms with Crippen LogP contribution in [0.5, 0.6) is 11.5 Å². The van der Waals surface area contributed by atoms with Gasteiger partial charge in [-0.1, -0.05) is 41.5 Å². The zero-order chi connectivity index (χ0) is 20.2. The summed E-state index contributed by atoms with van der Waals surface area (Å²) in [7, 11) is -3.22. The largest absolute Gasteiger partial charge is 2.00 e. The van der Waals surface area contributed by atoms with Crippen LogP contribution in [0.15, 0.2) is 48.5 Å². The second kappa shape index (κ2) is 12.9. The number of hydrogen-bond acceptors (Lipinski definition) is 2. The van der Waals surface area contributed by atoms with E-state index in [0.717, 1.165) is 11.5 Å². The molecule has 2 nitrogen and oxygen atoms in total. The fraction of sp³-hybridized carbons (Fsp3) is 0.545. The van der Waals surface area contributed by atoms with Crippen LogP contribution in [0, 0.1) is 0 Å². The van der Waals surface area contributed by atoms with E-state index >= 15 is 0 Å². The molecule has 0 saturated heterocycles. The van der Waals surface area contributed by atoms with Gasteiger partial charge in [-0.05, 0) is 47.8 Å². The minimum atomic E-state index is -1.61. The van der Waals surface area contributed by atoms with Crippen molar-refractivity contribution in [2.45, 2.75) is 77.8 Å². The van der Waals surface area contributed by atoms with Gasteiger partial charge in [-0.2, -0.15) is 0 Å². The van der Waals surface area contributed by atoms with Crippen LogP contribution < -0.4 is 33.7 Å². The van der Waals surface area contributed by atoms with Gasteiger partial charge in [0.15, 0.2) is 0 Å². The molecular weight excluding hydrogens is 515 g/mol. The Labute approximate surface area is 213 Å². The maximum absolute atomic E-state index is 6.05. The predicted molar refractivity (Wildman–Crippen MR) is 120 cm³/mol. The average Bonchev–Trinajstić information content (AvgIpc) is 3.09. The molecule has 0 amide bonds. The van der Waals surface area contributed by atoms with Gasteiger partial charge in [-0.25, -0.2) is 24.3 Å². The molecule has 0 saturated carbocycles. The zero-order valence-electron chi connectivity index (χ0n) is 19.7. The molecule has 0 heterocycles. The Hall–Kier alpha value is 0.197. The average molecular weight is 553 g/mol. The summed E-state index contributed by atoms with van der Waals surface area (Å²) in [5.41, 5.74) is 0. The van der Waals surface area contributed by atoms with Crippen molar-refractivity contribution < 1.29 is 59.9 Å². The van der Waals surface area contributed by atoms with E-state index in [1.54, 1.807) is 0 Å². The first-order valence-corrected chi connectivity index (χ1v) is 15.3. The van der Waals surface area contributed by atoms with Crippen LogP contribution in [0.25, 0.3) is 0 Å². The van der Waals surface area contributed by atoms with Gasteiger partial charge < -0.3 is 33.7 Å². The van der Waals surface area contributed by atoms with Gasteiger partial charge in [0, 0.05) is 0 Å². The van der Waals surface area contributed by atoms with Gasteiger partial charge in [0.2, 0.25) is 16.6 Å². The van der Waals surface area contributed by atoms with Crippen LogP contribution in [0.3, 0.4) is 0 Å². The van der Waals surface area contributed by atoms with Crippen molar-refractivity contribution in [1.29, 1.82) is 0 Å². The summed E-state index contributed by atoms with van der Waals surface area (Å²) >= 11 is 0. The third kappa shape index (κ3) is 10.9. The molecule has 0 aliphatic rings. The molecule has 0 radical (unpaired) electrons. The maximum Gasteiger partial charge on any atom is 2.00 e. The van der Waals surface area contributed by atoms with Gasteiger partial charge in [0.1, 0.15) is 0 Å². The Morgan fingerprint density at radius 2 is 0.759 bits per heavy atom. The summed E-state index contributed by atoms with van der Waals surface area (Å²) in [4.78, 5) is 0. The van der Waals surface area contributed by atoms with E-state index in [-0.39, 0.29) is 61.1 Å². The van der Waals surface area contributed by atoms with Crippen molar-refractivity contribution >= 4 is 16.6 Å². The van der Waals surface area contributed by atoms with Crippen LogP contribution in [0.4, 0.5) is 0 Å². The monoisotopic (exact) mass is 550 g/mol. The molecule has 29 heavy (non-hydrogen) atoms. The van der Waals surface area contributed by atoms with Gasteiger partial charge in [-0.15, -0.1) is 24.3 Å². The second-order valence-electron chi connectivity index (χ2n) is 9.97. The molecule has 0 unspecified atom stereocenters. The molecule has 166 valence electrons. The Bertz CT molecular complexity index is 583. The first-order chi connectivity index (χ1) is 11.7. The maximum atomic E-state index is 6.05. The molecule has 7 heteroatoms. The van der Waals surface area contributed by atoms with E-state index in [2.05, 4.69) is 67.7 Å². The van der Waals surface area contributed by atoms with E-state index in [9.17, 15) is 0 Å². The molecule has 2 aromatic carbocycles. The summed E-state index contributed by atoms with van der Waals surface area (Å²) in [6.07, 6.45) is 0. The Morgan fingerprint density at radius 1 is 0.552 bits per heavy atom. The van der Waals surface area contributed by atoms with Gasteiger partial charge in [-0.3, -0.25) is 0 Å². The first kappa shape index (κ1) is 33.8. The standard InChI is InChI=1S/2C11H19OSi.2ClH.Zr/c2*1-11(2,3)13(4,5)12-10-8-6-7-9-10;;;/h2*6-9H,1-5H3;2*1H;/q2*-1;;;+2/p-2. The van der Waals surface area contributed by atoms with Crippen molar-refractivity contribution in [1.82, 2.24) is 0 Å². The fourth-order valence-corrected chi connectivity index (χ4v) is 3.81. The van der Waals surface area contributed by atoms with Crippen LogP contribution >= 0.6 is 0 Å². The molecule has 0 aromatic heterocycles. The molecule has 0 fully saturated rings. The minimum absolute atomic E-state index is 0. The fourth-order valence-electron chi connectivity index (χ4n) is 1.74. The van der Waals surface area contributed by atoms with Crippen molar-refractivity contribution in [2.75, 3.05) is 0 Å². The molecule has 0 bridgehead atoms. The Balaban J connectivity index is -0.000000422. The van der Waals surface area contributed by atoms with E-state index in [1.807, 2.05) is 48.5 Å². The summed E-state index contributed by atoms with van der Waals surface area (Å²) in [5, 5.41) is 0.564. The third-order valence-corrected chi connectivity index (χ3v) is 14.3. The molecular formula is C22H38Cl2O2Si2Zr-2. The molecule has 2 rings (SSSR count). The SMILES string of the molecule is CC(C)(C)[Si](C)(C)O[c-]1cccc1.CC(C)(C)[Si](C)(C)O[c-]1cccc1.[Cl-].[Cl-].[Zr+2]. The number of hydrogen-bond donors (Lipinski definition) is 0. The normalized spacial score (nSPS) is 11.7. The number of rotatable bonds is 4. The molecule has 0 spiro atoms. The summed E-state index contributed by atoms with van der Waals surface area (Å²) in [6, 6.07) is 16.2. The van der Waals surface area contributed by atoms with Crippen LogP contribution in [0.2, 0.25) is 36.3 Å². The zero-order valence-corrected chi connectivity index (χ0v) is 25.7. The second-order valence-corrected chi connectivity index (χ2v) is 19.4. The summed E-state index contributed by atoms with van der Waals surface area (Å²) in [5.74, 6) is 2.04. The van der Waals surface area contributed by atoms with E-state index in [4.69, 9.17) is 8.85 Å². The summed E-state index contributed by atoms with van der Waals surface area (Å²) in [6.45, 7) is 22.6. The summed E-state index contributed by atoms with van der Waals surface area (Å²) < 4.78 is 12.1. The first-order valence-electron chi connectivity index (χ1n) is 9.47. The van der Waals surface area contributed by atoms with Crippen molar-refractivity contribution in [3.63, 3.8) is 0 Å². The van der Waals surface area contributed by atoms with Gasteiger partial charge in [0.05, 0.1) is 0 Å². The smallest absolute Gasteiger partial charge is 1.00 e. The topological polar surface area (TPSA) is 18.5 Å².